The fourth-order valence-corrected chi connectivity index (χ4v) is 4.12. The molecule has 0 saturated heterocycles. The second kappa shape index (κ2) is 10.8. The molecule has 1 N–H and O–H groups in total. The van der Waals surface area contributed by atoms with Crippen molar-refractivity contribution in [3.63, 3.8) is 0 Å². The van der Waals surface area contributed by atoms with E-state index < -0.39 is 5.97 Å². The van der Waals surface area contributed by atoms with Gasteiger partial charge in [-0.1, -0.05) is 24.3 Å². The number of fused-ring (bicyclic) bond motifs is 2. The third-order valence-electron chi connectivity index (χ3n) is 6.00. The zero-order valence-corrected chi connectivity index (χ0v) is 20.5. The number of pyridine rings is 1. The van der Waals surface area contributed by atoms with E-state index in [1.807, 2.05) is 28.8 Å². The number of methoxy groups -OCH3 is 1. The number of para-hydroxylation sites is 2. The van der Waals surface area contributed by atoms with E-state index >= 15 is 0 Å². The molecule has 38 heavy (non-hydrogen) atoms. The first-order chi connectivity index (χ1) is 18.5. The Morgan fingerprint density at radius 2 is 1.39 bits per heavy atom. The number of nitrogens with zero attached hydrogens (tertiary/aromatic N) is 2. The minimum absolute atomic E-state index is 0.0150. The third kappa shape index (κ3) is 5.15. The molecule has 0 aliphatic carbocycles. The van der Waals surface area contributed by atoms with Gasteiger partial charge in [0, 0.05) is 10.8 Å². The highest BCUT2D eigenvalue weighted by molar-refractivity contribution is 5.95. The van der Waals surface area contributed by atoms with Gasteiger partial charge in [0.2, 0.25) is 0 Å². The molecule has 0 unspecified atom stereocenters. The summed E-state index contributed by atoms with van der Waals surface area (Å²) < 4.78 is 12.3. The summed E-state index contributed by atoms with van der Waals surface area (Å²) in [6.45, 7) is -0.0150. The van der Waals surface area contributed by atoms with Crippen LogP contribution in [0.3, 0.4) is 0 Å². The third-order valence-corrected chi connectivity index (χ3v) is 6.00. The second-order valence-electron chi connectivity index (χ2n) is 8.43. The lowest BCUT2D eigenvalue weighted by atomic mass is 10.1. The minimum Gasteiger partial charge on any atom is -0.497 e. The zero-order valence-electron chi connectivity index (χ0n) is 20.5. The molecule has 188 valence electrons. The largest absolute Gasteiger partial charge is 0.497 e. The van der Waals surface area contributed by atoms with Crippen molar-refractivity contribution < 1.29 is 19.1 Å². The maximum Gasteiger partial charge on any atom is 0.343 e. The van der Waals surface area contributed by atoms with Gasteiger partial charge in [-0.3, -0.25) is 9.59 Å². The number of hydrogen-bond donors (Lipinski definition) is 1. The summed E-state index contributed by atoms with van der Waals surface area (Å²) in [4.78, 5) is 37.9. The Hall–Kier alpha value is -5.24. The van der Waals surface area contributed by atoms with Crippen molar-refractivity contribution in [2.75, 3.05) is 7.11 Å². The number of amides is 1. The monoisotopic (exact) mass is 505 g/mol. The van der Waals surface area contributed by atoms with Crippen LogP contribution in [-0.2, 0) is 11.3 Å². The average Bonchev–Trinajstić information content (AvgIpc) is 2.96. The molecule has 1 amide bonds. The van der Waals surface area contributed by atoms with Crippen molar-refractivity contribution in [2.45, 2.75) is 6.54 Å². The molecule has 1 aromatic heterocycles. The van der Waals surface area contributed by atoms with E-state index in [-0.39, 0.29) is 17.9 Å². The molecule has 0 bridgehead atoms. The lowest BCUT2D eigenvalue weighted by Gasteiger charge is -2.14. The number of nitrogens with one attached hydrogen (secondary N) is 1. The molecule has 5 rings (SSSR count). The van der Waals surface area contributed by atoms with Crippen molar-refractivity contribution in [1.29, 1.82) is 0 Å². The molecule has 4 aromatic carbocycles. The van der Waals surface area contributed by atoms with Gasteiger partial charge in [0.05, 0.1) is 29.9 Å². The SMILES string of the molecule is COc1ccc(C(=O)Oc2ccc(/C=N\NC(=O)Cn3c4ccccc4c(=O)c4ccccc43)cc2)cc1. The number of esters is 1. The molecule has 1 heterocycles. The van der Waals surface area contributed by atoms with E-state index in [9.17, 15) is 14.4 Å². The lowest BCUT2D eigenvalue weighted by Crippen LogP contribution is -2.25. The van der Waals surface area contributed by atoms with E-state index in [1.165, 1.54) is 6.21 Å². The predicted molar refractivity (Wildman–Crippen MR) is 146 cm³/mol. The quantitative estimate of drug-likeness (QED) is 0.115. The van der Waals surface area contributed by atoms with Gasteiger partial charge in [0.15, 0.2) is 5.43 Å². The Balaban J connectivity index is 1.24. The van der Waals surface area contributed by atoms with Gasteiger partial charge in [0.25, 0.3) is 5.91 Å². The molecule has 0 aliphatic heterocycles. The fraction of sp³-hybridized carbons (Fsp3) is 0.0667. The van der Waals surface area contributed by atoms with Crippen LogP contribution < -0.4 is 20.3 Å². The minimum atomic E-state index is -0.483. The molecule has 0 atom stereocenters. The summed E-state index contributed by atoms with van der Waals surface area (Å²) >= 11 is 0. The maximum atomic E-state index is 12.9. The molecule has 8 heteroatoms. The highest BCUT2D eigenvalue weighted by atomic mass is 16.5. The molecular weight excluding hydrogens is 482 g/mol. The molecular formula is C30H23N3O5. The molecule has 0 aliphatic rings. The number of carbonyl (C=O) groups is 2. The van der Waals surface area contributed by atoms with Crippen LogP contribution in [0.4, 0.5) is 0 Å². The molecule has 8 nitrogen and oxygen atoms in total. The van der Waals surface area contributed by atoms with Crippen LogP contribution in [0.2, 0.25) is 0 Å². The van der Waals surface area contributed by atoms with Crippen molar-refractivity contribution in [3.05, 3.63) is 118 Å². The first-order valence-corrected chi connectivity index (χ1v) is 11.8. The molecule has 0 fully saturated rings. The molecule has 5 aromatic rings. The van der Waals surface area contributed by atoms with E-state index in [0.717, 1.165) is 0 Å². The van der Waals surface area contributed by atoms with Crippen LogP contribution in [0.5, 0.6) is 11.5 Å². The van der Waals surface area contributed by atoms with Crippen LogP contribution in [0.1, 0.15) is 15.9 Å². The van der Waals surface area contributed by atoms with Gasteiger partial charge in [-0.15, -0.1) is 0 Å². The Kier molecular flexibility index (Phi) is 6.95. The number of hydrazone groups is 1. The molecule has 0 saturated carbocycles. The van der Waals surface area contributed by atoms with E-state index in [0.29, 0.717) is 44.4 Å². The first kappa shape index (κ1) is 24.5. The summed E-state index contributed by atoms with van der Waals surface area (Å²) in [5.41, 5.74) is 4.93. The van der Waals surface area contributed by atoms with Gasteiger partial charge >= 0.3 is 5.97 Å². The smallest absolute Gasteiger partial charge is 0.343 e. The summed E-state index contributed by atoms with van der Waals surface area (Å²) in [6.07, 6.45) is 1.49. The van der Waals surface area contributed by atoms with Gasteiger partial charge < -0.3 is 14.0 Å². The summed E-state index contributed by atoms with van der Waals surface area (Å²) in [6, 6.07) is 27.8. The van der Waals surface area contributed by atoms with Crippen LogP contribution in [0.25, 0.3) is 21.8 Å². The first-order valence-electron chi connectivity index (χ1n) is 11.8. The van der Waals surface area contributed by atoms with Gasteiger partial charge in [-0.25, -0.2) is 10.2 Å². The Labute approximate surface area is 217 Å². The van der Waals surface area contributed by atoms with Crippen LogP contribution in [0, 0.1) is 0 Å². The van der Waals surface area contributed by atoms with Crippen LogP contribution >= 0.6 is 0 Å². The van der Waals surface area contributed by atoms with Gasteiger partial charge in [0.1, 0.15) is 18.0 Å². The van der Waals surface area contributed by atoms with Crippen molar-refractivity contribution in [3.8, 4) is 11.5 Å². The molecule has 0 spiro atoms. The van der Waals surface area contributed by atoms with Crippen LogP contribution in [0.15, 0.2) is 107 Å². The summed E-state index contributed by atoms with van der Waals surface area (Å²) in [5, 5.41) is 5.15. The second-order valence-corrected chi connectivity index (χ2v) is 8.43. The number of ether oxygens (including phenoxy) is 2. The Morgan fingerprint density at radius 3 is 2.00 bits per heavy atom. The normalized spacial score (nSPS) is 11.1. The Bertz CT molecular complexity index is 1660. The highest BCUT2D eigenvalue weighted by Crippen LogP contribution is 2.19. The summed E-state index contributed by atoms with van der Waals surface area (Å²) in [5.74, 6) is 0.205. The highest BCUT2D eigenvalue weighted by Gasteiger charge is 2.13. The number of benzene rings is 4. The summed E-state index contributed by atoms with van der Waals surface area (Å²) in [7, 11) is 1.56. The lowest BCUT2D eigenvalue weighted by molar-refractivity contribution is -0.121. The predicted octanol–water partition coefficient (Wildman–Crippen LogP) is 4.53. The van der Waals surface area contributed by atoms with Crippen LogP contribution in [-0.4, -0.2) is 29.8 Å². The fourth-order valence-electron chi connectivity index (χ4n) is 4.12. The standard InChI is InChI=1S/C30H23N3O5/c1-37-22-16-12-21(13-17-22)30(36)38-23-14-10-20(11-15-23)18-31-32-28(34)19-33-26-8-4-2-6-24(26)29(35)25-7-3-5-9-27(25)33/h2-18H,19H2,1H3,(H,32,34)/b31-18-. The Morgan fingerprint density at radius 1 is 0.816 bits per heavy atom. The average molecular weight is 506 g/mol. The number of carbonyl (C=O) groups excluding carboxylic acids is 2. The van der Waals surface area contributed by atoms with Crippen molar-refractivity contribution in [2.24, 2.45) is 5.10 Å². The van der Waals surface area contributed by atoms with Gasteiger partial charge in [-0.05, 0) is 78.4 Å². The van der Waals surface area contributed by atoms with Crippen molar-refractivity contribution >= 4 is 39.9 Å². The maximum absolute atomic E-state index is 12.9. The number of aromatic nitrogens is 1. The van der Waals surface area contributed by atoms with Gasteiger partial charge in [-0.2, -0.15) is 5.10 Å². The topological polar surface area (TPSA) is 99.0 Å². The van der Waals surface area contributed by atoms with E-state index in [2.05, 4.69) is 10.5 Å². The number of hydrogen-bond acceptors (Lipinski definition) is 6. The van der Waals surface area contributed by atoms with E-state index in [1.54, 1.807) is 79.9 Å². The van der Waals surface area contributed by atoms with Crippen molar-refractivity contribution in [1.82, 2.24) is 9.99 Å². The van der Waals surface area contributed by atoms with E-state index in [4.69, 9.17) is 9.47 Å². The molecule has 0 radical (unpaired) electrons. The zero-order chi connectivity index (χ0) is 26.5. The number of rotatable bonds is 7.